The van der Waals surface area contributed by atoms with Crippen molar-refractivity contribution in [2.24, 2.45) is 0 Å². The maximum absolute atomic E-state index is 9.81. The zero-order valence-corrected chi connectivity index (χ0v) is 11.4. The molecule has 4 nitrogen and oxygen atoms in total. The Morgan fingerprint density at radius 2 is 2.26 bits per heavy atom. The molecule has 1 aliphatic rings. The molecule has 2 rings (SSSR count). The normalized spacial score (nSPS) is 17.7. The third-order valence-electron chi connectivity index (χ3n) is 3.52. The first-order valence-corrected chi connectivity index (χ1v) is 7.24. The van der Waals surface area contributed by atoms with Crippen LogP contribution in [0.15, 0.2) is 24.5 Å². The van der Waals surface area contributed by atoms with E-state index in [1.807, 2.05) is 12.3 Å². The Morgan fingerprint density at radius 3 is 3.00 bits per heavy atom. The minimum absolute atomic E-state index is 0.380. The van der Waals surface area contributed by atoms with E-state index in [2.05, 4.69) is 16.4 Å². The fourth-order valence-corrected chi connectivity index (χ4v) is 2.41. The summed E-state index contributed by atoms with van der Waals surface area (Å²) < 4.78 is 5.68. The van der Waals surface area contributed by atoms with Crippen molar-refractivity contribution in [3.63, 3.8) is 0 Å². The Balaban J connectivity index is 1.50. The van der Waals surface area contributed by atoms with Gasteiger partial charge >= 0.3 is 0 Å². The topological polar surface area (TPSA) is 54.4 Å². The van der Waals surface area contributed by atoms with E-state index in [-0.39, 0.29) is 0 Å². The van der Waals surface area contributed by atoms with E-state index in [1.54, 1.807) is 6.20 Å². The van der Waals surface area contributed by atoms with Crippen molar-refractivity contribution in [1.82, 2.24) is 10.3 Å². The van der Waals surface area contributed by atoms with Gasteiger partial charge in [0.05, 0.1) is 18.8 Å². The highest BCUT2D eigenvalue weighted by molar-refractivity contribution is 5.08. The number of aliphatic hydroxyl groups excluding tert-OH is 1. The van der Waals surface area contributed by atoms with Crippen LogP contribution in [0.5, 0.6) is 0 Å². The van der Waals surface area contributed by atoms with Crippen molar-refractivity contribution >= 4 is 0 Å². The molecule has 4 heteroatoms. The summed E-state index contributed by atoms with van der Waals surface area (Å²) >= 11 is 0. The fraction of sp³-hybridized carbons (Fsp3) is 0.667. The first-order valence-electron chi connectivity index (χ1n) is 7.24. The molecule has 0 saturated heterocycles. The van der Waals surface area contributed by atoms with Gasteiger partial charge in [-0.1, -0.05) is 18.9 Å². The van der Waals surface area contributed by atoms with Crippen LogP contribution < -0.4 is 5.32 Å². The van der Waals surface area contributed by atoms with Gasteiger partial charge in [-0.15, -0.1) is 0 Å². The molecule has 0 bridgehead atoms. The van der Waals surface area contributed by atoms with Gasteiger partial charge in [0.15, 0.2) is 0 Å². The van der Waals surface area contributed by atoms with E-state index >= 15 is 0 Å². The van der Waals surface area contributed by atoms with Crippen LogP contribution in [0.1, 0.15) is 31.2 Å². The van der Waals surface area contributed by atoms with Crippen LogP contribution in [0, 0.1) is 0 Å². The second-order valence-electron chi connectivity index (χ2n) is 5.21. The van der Waals surface area contributed by atoms with Gasteiger partial charge in [-0.25, -0.2) is 0 Å². The summed E-state index contributed by atoms with van der Waals surface area (Å²) in [6.45, 7) is 1.89. The molecule has 1 aromatic heterocycles. The van der Waals surface area contributed by atoms with Crippen LogP contribution in [0.25, 0.3) is 0 Å². The largest absolute Gasteiger partial charge is 0.389 e. The van der Waals surface area contributed by atoms with Crippen molar-refractivity contribution in [2.75, 3.05) is 19.7 Å². The quantitative estimate of drug-likeness (QED) is 0.699. The minimum Gasteiger partial charge on any atom is -0.389 e. The second-order valence-corrected chi connectivity index (χ2v) is 5.21. The SMILES string of the molecule is OC(CNCCc1cccnc1)COC1CCCC1. The predicted molar refractivity (Wildman–Crippen MR) is 75.0 cm³/mol. The monoisotopic (exact) mass is 264 g/mol. The van der Waals surface area contributed by atoms with Crippen LogP contribution >= 0.6 is 0 Å². The minimum atomic E-state index is -0.408. The molecule has 1 aliphatic carbocycles. The molecule has 106 valence electrons. The molecule has 0 aromatic carbocycles. The summed E-state index contributed by atoms with van der Waals surface area (Å²) in [6.07, 6.45) is 9.41. The van der Waals surface area contributed by atoms with Gasteiger partial charge < -0.3 is 15.2 Å². The van der Waals surface area contributed by atoms with Crippen molar-refractivity contribution in [3.8, 4) is 0 Å². The number of aliphatic hydroxyl groups is 1. The van der Waals surface area contributed by atoms with Crippen molar-refractivity contribution < 1.29 is 9.84 Å². The Hall–Kier alpha value is -0.970. The Bertz CT molecular complexity index is 339. The van der Waals surface area contributed by atoms with Crippen LogP contribution in [-0.2, 0) is 11.2 Å². The van der Waals surface area contributed by atoms with Crippen LogP contribution in [-0.4, -0.2) is 42.0 Å². The molecular formula is C15H24N2O2. The van der Waals surface area contributed by atoms with Crippen LogP contribution in [0.2, 0.25) is 0 Å². The number of nitrogens with zero attached hydrogens (tertiary/aromatic N) is 1. The summed E-state index contributed by atoms with van der Waals surface area (Å²) in [5.41, 5.74) is 1.21. The zero-order valence-electron chi connectivity index (χ0n) is 11.4. The molecule has 2 N–H and O–H groups in total. The first kappa shape index (κ1) is 14.4. The molecule has 0 aliphatic heterocycles. The lowest BCUT2D eigenvalue weighted by atomic mass is 10.2. The standard InChI is InChI=1S/C15H24N2O2/c18-14(12-19-15-5-1-2-6-15)11-17-9-7-13-4-3-8-16-10-13/h3-4,8,10,14-15,17-18H,1-2,5-7,9,11-12H2. The fourth-order valence-electron chi connectivity index (χ4n) is 2.41. The number of hydrogen-bond donors (Lipinski definition) is 2. The Labute approximate surface area is 115 Å². The maximum atomic E-state index is 9.81. The van der Waals surface area contributed by atoms with E-state index in [9.17, 15) is 5.11 Å². The van der Waals surface area contributed by atoms with Gasteiger partial charge in [0, 0.05) is 18.9 Å². The predicted octanol–water partition coefficient (Wildman–Crippen LogP) is 1.53. The third-order valence-corrected chi connectivity index (χ3v) is 3.52. The summed E-state index contributed by atoms with van der Waals surface area (Å²) in [4.78, 5) is 4.07. The smallest absolute Gasteiger partial charge is 0.0897 e. The number of aromatic nitrogens is 1. The first-order chi connectivity index (χ1) is 9.34. The number of hydrogen-bond acceptors (Lipinski definition) is 4. The van der Waals surface area contributed by atoms with Crippen molar-refractivity contribution in [3.05, 3.63) is 30.1 Å². The molecule has 1 heterocycles. The molecule has 1 unspecified atom stereocenters. The van der Waals surface area contributed by atoms with Gasteiger partial charge in [0.2, 0.25) is 0 Å². The summed E-state index contributed by atoms with van der Waals surface area (Å²) in [7, 11) is 0. The highest BCUT2D eigenvalue weighted by Crippen LogP contribution is 2.20. The van der Waals surface area contributed by atoms with Gasteiger partial charge in [0.1, 0.15) is 0 Å². The van der Waals surface area contributed by atoms with E-state index < -0.39 is 6.10 Å². The van der Waals surface area contributed by atoms with Crippen molar-refractivity contribution in [1.29, 1.82) is 0 Å². The van der Waals surface area contributed by atoms with Gasteiger partial charge in [-0.2, -0.15) is 0 Å². The molecule has 1 fully saturated rings. The number of pyridine rings is 1. The lowest BCUT2D eigenvalue weighted by Gasteiger charge is -2.16. The molecule has 19 heavy (non-hydrogen) atoms. The van der Waals surface area contributed by atoms with Gasteiger partial charge in [0.25, 0.3) is 0 Å². The van der Waals surface area contributed by atoms with E-state index in [1.165, 1.54) is 18.4 Å². The number of ether oxygens (including phenoxy) is 1. The molecule has 1 saturated carbocycles. The average molecular weight is 264 g/mol. The lowest BCUT2D eigenvalue weighted by Crippen LogP contribution is -2.32. The second kappa shape index (κ2) is 8.25. The Kier molecular flexibility index (Phi) is 6.27. The van der Waals surface area contributed by atoms with Crippen LogP contribution in [0.4, 0.5) is 0 Å². The highest BCUT2D eigenvalue weighted by atomic mass is 16.5. The van der Waals surface area contributed by atoms with E-state index in [0.717, 1.165) is 25.8 Å². The zero-order chi connectivity index (χ0) is 13.3. The maximum Gasteiger partial charge on any atom is 0.0897 e. The molecule has 0 amide bonds. The number of rotatable bonds is 8. The molecular weight excluding hydrogens is 240 g/mol. The van der Waals surface area contributed by atoms with Crippen LogP contribution in [0.3, 0.4) is 0 Å². The molecule has 1 aromatic rings. The van der Waals surface area contributed by atoms with E-state index in [4.69, 9.17) is 4.74 Å². The highest BCUT2D eigenvalue weighted by Gasteiger charge is 2.16. The van der Waals surface area contributed by atoms with E-state index in [0.29, 0.717) is 19.3 Å². The lowest BCUT2D eigenvalue weighted by molar-refractivity contribution is -0.00530. The third kappa shape index (κ3) is 5.68. The average Bonchev–Trinajstić information content (AvgIpc) is 2.96. The summed E-state index contributed by atoms with van der Waals surface area (Å²) in [5.74, 6) is 0. The number of nitrogens with one attached hydrogen (secondary N) is 1. The molecule has 1 atom stereocenters. The van der Waals surface area contributed by atoms with Gasteiger partial charge in [-0.3, -0.25) is 4.98 Å². The summed E-state index contributed by atoms with van der Waals surface area (Å²) in [5, 5.41) is 13.1. The Morgan fingerprint density at radius 1 is 1.42 bits per heavy atom. The van der Waals surface area contributed by atoms with Crippen molar-refractivity contribution in [2.45, 2.75) is 44.3 Å². The summed E-state index contributed by atoms with van der Waals surface area (Å²) in [6, 6.07) is 4.01. The molecule has 0 radical (unpaired) electrons. The van der Waals surface area contributed by atoms with Gasteiger partial charge in [-0.05, 0) is 37.4 Å². The molecule has 0 spiro atoms.